The molecule has 0 atom stereocenters. The number of nitrogens with two attached hydrogens (primary N) is 4. The number of anilines is 1. The number of hydrogen-bond donors (Lipinski definition) is 4. The summed E-state index contributed by atoms with van der Waals surface area (Å²) in [4.78, 5) is 30.7. The minimum atomic E-state index is -3.50. The predicted molar refractivity (Wildman–Crippen MR) is 558 cm³/mol. The topological polar surface area (TPSA) is 364 Å². The Morgan fingerprint density at radius 2 is 0.868 bits per heavy atom. The number of halogens is 6. The van der Waals surface area contributed by atoms with Crippen LogP contribution in [0.2, 0.25) is 0 Å². The van der Waals surface area contributed by atoms with Crippen LogP contribution < -0.4 is 78.0 Å². The van der Waals surface area contributed by atoms with Gasteiger partial charge in [0.15, 0.2) is 5.12 Å². The Kier molecular flexibility index (Phi) is 57.8. The molecule has 13 rings (SSSR count). The van der Waals surface area contributed by atoms with Crippen molar-refractivity contribution in [1.29, 1.82) is 0 Å². The second-order valence-corrected chi connectivity index (χ2v) is 46.8. The molecule has 0 bridgehead atoms. The van der Waals surface area contributed by atoms with Gasteiger partial charge in [0.1, 0.15) is 17.8 Å². The van der Waals surface area contributed by atoms with Gasteiger partial charge in [0.25, 0.3) is 0 Å². The van der Waals surface area contributed by atoms with Gasteiger partial charge in [0.05, 0.1) is 62.0 Å². The normalized spacial score (nSPS) is 17.2. The number of nitrogen functional groups attached to an aromatic ring is 1. The van der Waals surface area contributed by atoms with Gasteiger partial charge in [0, 0.05) is 70.9 Å². The van der Waals surface area contributed by atoms with E-state index in [2.05, 4.69) is 136 Å². The number of carbonyl (C=O) groups is 1. The summed E-state index contributed by atoms with van der Waals surface area (Å²) in [5.74, 6) is 1.89. The van der Waals surface area contributed by atoms with Crippen molar-refractivity contribution in [3.8, 4) is 11.1 Å². The van der Waals surface area contributed by atoms with Crippen molar-refractivity contribution >= 4 is 210 Å². The van der Waals surface area contributed by atoms with Crippen LogP contribution in [-0.2, 0) is 129 Å². The van der Waals surface area contributed by atoms with Gasteiger partial charge in [-0.3, -0.25) is 11.1 Å². The number of primary sulfonamides is 3. The monoisotopic (exact) mass is 2270 g/mol. The number of hydrogen-bond acceptors (Lipinski definition) is 22. The molecule has 0 radical (unpaired) electrons. The molecule has 40 heteroatoms. The van der Waals surface area contributed by atoms with Crippen molar-refractivity contribution < 1.29 is 123 Å². The Bertz CT molecular complexity index is 5110. The maximum atomic E-state index is 11.4. The molecule has 4 saturated heterocycles. The van der Waals surface area contributed by atoms with Gasteiger partial charge in [-0.1, -0.05) is 226 Å². The quantitative estimate of drug-likeness (QED) is 0.0115. The number of thioether (sulfide) groups is 1. The third-order valence-corrected chi connectivity index (χ3v) is 28.1. The van der Waals surface area contributed by atoms with Crippen LogP contribution in [0.15, 0.2) is 176 Å². The molecular weight excluding hydrogens is 2140 g/mol. The van der Waals surface area contributed by atoms with Gasteiger partial charge >= 0.3 is 72.5 Å². The molecule has 6 heterocycles. The summed E-state index contributed by atoms with van der Waals surface area (Å²) in [7, 11) is -9.99. The largest absolute Gasteiger partial charge is 1.00 e. The number of carbonyl (C=O) groups excluding carboxylic acids is 2. The molecular formula is C89H135B3Br5ClKN8O16S6-. The number of rotatable bonds is 23. The first-order chi connectivity index (χ1) is 56.6. The molecule has 5 fully saturated rings. The molecule has 6 aromatic carbocycles. The van der Waals surface area contributed by atoms with Gasteiger partial charge in [-0.05, 0) is 253 Å². The molecule has 0 spiro atoms. The van der Waals surface area contributed by atoms with Crippen molar-refractivity contribution in [2.75, 3.05) is 59.5 Å². The number of sulfonamides is 3. The number of alkyl halides is 1. The number of aromatic nitrogens is 3. The van der Waals surface area contributed by atoms with E-state index in [-0.39, 0.29) is 153 Å². The van der Waals surface area contributed by atoms with E-state index in [0.29, 0.717) is 37.5 Å². The minimum absolute atomic E-state index is 0. The van der Waals surface area contributed by atoms with Crippen LogP contribution in [0.5, 0.6) is 0 Å². The van der Waals surface area contributed by atoms with Gasteiger partial charge in [-0.25, -0.2) is 59.1 Å². The van der Waals surface area contributed by atoms with E-state index in [9.17, 15) is 38.5 Å². The number of likely N-dealkylation sites (tertiary alicyclic amines) is 1. The summed E-state index contributed by atoms with van der Waals surface area (Å²) in [6.07, 6.45) is 12.5. The first-order valence-electron chi connectivity index (χ1n) is 39.6. The van der Waals surface area contributed by atoms with Gasteiger partial charge in [-0.2, -0.15) is 6.92 Å². The molecule has 1 saturated carbocycles. The van der Waals surface area contributed by atoms with Crippen molar-refractivity contribution in [2.45, 2.75) is 232 Å². The smallest absolute Gasteiger partial charge is 0.813 e. The fourth-order valence-corrected chi connectivity index (χ4v) is 17.7. The molecule has 1 aliphatic carbocycles. The number of thiol groups is 1. The minimum Gasteiger partial charge on any atom is -0.813 e. The predicted octanol–water partition coefficient (Wildman–Crippen LogP) is 15.8. The van der Waals surface area contributed by atoms with Crippen molar-refractivity contribution in [3.05, 3.63) is 209 Å². The van der Waals surface area contributed by atoms with Crippen molar-refractivity contribution in [3.63, 3.8) is 0 Å². The summed E-state index contributed by atoms with van der Waals surface area (Å²) in [6.45, 7) is 30.8. The molecule has 24 nitrogen and oxygen atoms in total. The summed E-state index contributed by atoms with van der Waals surface area (Å²) >= 11 is 18.2. The fraction of sp³-hybridized carbons (Fsp3) is 0.506. The summed E-state index contributed by atoms with van der Waals surface area (Å²) in [5, 5.41) is 17.2. The number of fused-ring (bicyclic) bond motifs is 1. The van der Waals surface area contributed by atoms with Crippen LogP contribution in [0, 0.1) is 5.92 Å². The van der Waals surface area contributed by atoms with Crippen LogP contribution >= 0.6 is 102 Å². The third-order valence-electron chi connectivity index (χ3n) is 21.5. The first-order valence-corrected chi connectivity index (χ1v) is 52.5. The molecule has 8 N–H and O–H groups in total. The zero-order valence-corrected chi connectivity index (χ0v) is 89.8. The van der Waals surface area contributed by atoms with Gasteiger partial charge < -0.3 is 61.4 Å². The van der Waals surface area contributed by atoms with Crippen molar-refractivity contribution in [2.24, 2.45) is 21.3 Å². The maximum absolute atomic E-state index is 11.4. The SMILES string of the molecule is BrCCc1cccc(Br)c1.C.C.C.C.C.CC(=O)SCCc1cccc(Br)c1.CC1(C)OB(B2OC(C)(C)C(C)(C)O2)OC1(C)C.CC1(C)OB(c2cccc(CCS(N)(=O)=O)c2)OC1(C)C.C[C-]=O.NS(=O)(=O)CCc1cccc(Br)c1.Nc1ncnc2c1c(-c1cccc(CCS(N)(=O)=O)c1)cn2C1CC(CN2CCC2)C1.O=S(=O)(Cl)CCc1cccc(Br)c1.[K+].[SH-]. The van der Waals surface area contributed by atoms with Crippen LogP contribution in [0.3, 0.4) is 0 Å². The van der Waals surface area contributed by atoms with E-state index in [1.165, 1.54) is 68.5 Å². The second kappa shape index (κ2) is 57.9. The fourth-order valence-electron chi connectivity index (χ4n) is 12.6. The molecule has 716 valence electrons. The molecule has 129 heavy (non-hydrogen) atoms. The molecule has 0 unspecified atom stereocenters. The third kappa shape index (κ3) is 44.6. The van der Waals surface area contributed by atoms with E-state index < -0.39 is 71.5 Å². The summed E-state index contributed by atoms with van der Waals surface area (Å²) < 4.78 is 130. The van der Waals surface area contributed by atoms with E-state index in [4.69, 9.17) is 64.6 Å². The zero-order chi connectivity index (χ0) is 91.0. The molecule has 2 aromatic heterocycles. The molecule has 4 aliphatic heterocycles. The van der Waals surface area contributed by atoms with Gasteiger partial charge in [-0.15, -0.1) is 0 Å². The average Bonchev–Trinajstić information content (AvgIpc) is 1.59. The van der Waals surface area contributed by atoms with E-state index >= 15 is 0 Å². The maximum Gasteiger partial charge on any atom is 1.00 e. The van der Waals surface area contributed by atoms with Crippen LogP contribution in [-0.4, -0.2) is 173 Å². The number of nitrogens with zero attached hydrogens (tertiary/aromatic N) is 4. The average molecular weight is 2270 g/mol. The molecule has 0 amide bonds. The number of benzene rings is 6. The molecule has 5 aliphatic rings. The van der Waals surface area contributed by atoms with Crippen LogP contribution in [0.1, 0.15) is 193 Å². The Morgan fingerprint density at radius 1 is 0.527 bits per heavy atom. The standard InChI is InChI=1S/C22H28N6O2S.C14H22BNO4S.C12H24B2O4.C10H11BrOS.C8H8Br2.C8H8BrClO2S.C8H10BrNO2S.C2H3O.5CH4.K.H2S/c23-21-20-19(17-4-1-3-15(9-17)5-8-31(24,29)30)13-28(22(20)26-14-25-21)18-10-16(11-18)12-27-6-2-7-27;1-13(2)14(3,4)20-15(19-13)12-7-5-6-11(10-12)8-9-21(16,17)18;1-9(2)10(3,4)16-13(15-9)14-17-11(5,6)12(7,8)18-14;1-8(12)13-6-5-9-3-2-4-10(11)7-9;9-5-4-7-2-1-3-8(10)6-7;2*9-8-3-1-2-7(6-8)4-5-13(10,11)12;1-2-3;;;;;;;/h1,3-4,9,13-14,16,18H,2,5-8,10-12H2,(H2,23,25,26)(H2,24,29,30);5-7,10H,8-9H2,1-4H3,(H2,16,17,18);1-8H3;2-4,7H,5-6H2,1H3;1-3,6H,4-5H2;1-3,6H,4-5H2;1-3,6H,4-5H2,(H2,10,11,12);1H3;5*1H4;;1H2/q;;;;;;;-1;;;;;;+1;/p-1. The van der Waals surface area contributed by atoms with E-state index in [0.717, 1.165) is 110 Å². The second-order valence-electron chi connectivity index (χ2n) is 32.9. The van der Waals surface area contributed by atoms with Crippen molar-refractivity contribution in [1.82, 2.24) is 19.4 Å². The first kappa shape index (κ1) is 129. The zero-order valence-electron chi connectivity index (χ0n) is 73.0. The van der Waals surface area contributed by atoms with E-state index in [1.807, 2.05) is 198 Å². The summed E-state index contributed by atoms with van der Waals surface area (Å²) in [5.41, 5.74) is 14.1. The Balaban J connectivity index is 0. The Hall–Kier alpha value is -2.30. The number of aryl methyl sites for hydroxylation is 6. The molecule has 8 aromatic rings. The Morgan fingerprint density at radius 3 is 1.22 bits per heavy atom. The van der Waals surface area contributed by atoms with Gasteiger partial charge in [0.2, 0.25) is 39.1 Å². The summed E-state index contributed by atoms with van der Waals surface area (Å²) in [6, 6.07) is 47.4. The Labute approximate surface area is 874 Å². The van der Waals surface area contributed by atoms with E-state index in [1.54, 1.807) is 6.92 Å². The van der Waals surface area contributed by atoms with Crippen LogP contribution in [0.25, 0.3) is 22.2 Å². The van der Waals surface area contributed by atoms with Crippen LogP contribution in [0.4, 0.5) is 5.82 Å².